The Bertz CT molecular complexity index is 744. The molecule has 0 spiro atoms. The minimum Gasteiger partial charge on any atom is -0.442 e. The topological polar surface area (TPSA) is 97.7 Å². The summed E-state index contributed by atoms with van der Waals surface area (Å²) in [7, 11) is 0. The Morgan fingerprint density at radius 3 is 2.89 bits per heavy atom. The van der Waals surface area contributed by atoms with Gasteiger partial charge in [0.1, 0.15) is 18.3 Å². The van der Waals surface area contributed by atoms with Gasteiger partial charge in [0.05, 0.1) is 44.2 Å². The molecule has 2 heterocycles. The Labute approximate surface area is 156 Å². The number of hydrazone groups is 1. The molecule has 0 bridgehead atoms. The number of benzene rings is 1. The van der Waals surface area contributed by atoms with Crippen molar-refractivity contribution in [2.45, 2.75) is 13.0 Å². The Morgan fingerprint density at radius 2 is 2.26 bits per heavy atom. The molecule has 2 aliphatic rings. The predicted octanol–water partition coefficient (Wildman–Crippen LogP) is 0.345. The van der Waals surface area contributed by atoms with E-state index in [1.807, 2.05) is 0 Å². The molecule has 3 rings (SSSR count). The summed E-state index contributed by atoms with van der Waals surface area (Å²) < 4.78 is 19.8. The normalized spacial score (nSPS) is 19.4. The van der Waals surface area contributed by atoms with Gasteiger partial charge in [-0.25, -0.2) is 9.18 Å². The molecule has 0 saturated carbocycles. The zero-order valence-corrected chi connectivity index (χ0v) is 15.0. The third kappa shape index (κ3) is 4.45. The molecule has 0 aromatic heterocycles. The average Bonchev–Trinajstić information content (AvgIpc) is 3.02. The quantitative estimate of drug-likeness (QED) is 0.740. The number of ether oxygens (including phenoxy) is 1. The van der Waals surface area contributed by atoms with Crippen molar-refractivity contribution in [2.75, 3.05) is 49.1 Å². The van der Waals surface area contributed by atoms with Crippen LogP contribution in [0.2, 0.25) is 0 Å². The third-order valence-electron chi connectivity index (χ3n) is 4.32. The molecular weight excluding hydrogens is 357 g/mol. The molecule has 10 heteroatoms. The number of halogens is 1. The van der Waals surface area contributed by atoms with Crippen molar-refractivity contribution in [1.82, 2.24) is 10.3 Å². The van der Waals surface area contributed by atoms with Crippen LogP contribution in [0.4, 0.5) is 20.6 Å². The minimum absolute atomic E-state index is 0.00919. The number of rotatable bonds is 6. The maximum absolute atomic E-state index is 14.6. The van der Waals surface area contributed by atoms with Gasteiger partial charge in [0, 0.05) is 13.5 Å². The third-order valence-corrected chi connectivity index (χ3v) is 4.32. The lowest BCUT2D eigenvalue weighted by Gasteiger charge is -2.30. The maximum Gasteiger partial charge on any atom is 0.414 e. The zero-order valence-electron chi connectivity index (χ0n) is 15.0. The van der Waals surface area contributed by atoms with E-state index in [2.05, 4.69) is 10.4 Å². The lowest BCUT2D eigenvalue weighted by molar-refractivity contribution is -0.119. The smallest absolute Gasteiger partial charge is 0.414 e. The zero-order chi connectivity index (χ0) is 19.4. The van der Waals surface area contributed by atoms with Gasteiger partial charge in [-0.15, -0.1) is 0 Å². The second-order valence-electron chi connectivity index (χ2n) is 6.29. The van der Waals surface area contributed by atoms with Crippen molar-refractivity contribution in [1.29, 1.82) is 0 Å². The number of carbonyl (C=O) groups excluding carboxylic acids is 2. The fourth-order valence-corrected chi connectivity index (χ4v) is 2.93. The van der Waals surface area contributed by atoms with E-state index < -0.39 is 18.0 Å². The van der Waals surface area contributed by atoms with E-state index >= 15 is 0 Å². The number of aliphatic hydroxyl groups is 1. The van der Waals surface area contributed by atoms with Crippen molar-refractivity contribution in [2.24, 2.45) is 5.10 Å². The van der Waals surface area contributed by atoms with Crippen molar-refractivity contribution in [3.63, 3.8) is 0 Å². The molecule has 1 fully saturated rings. The van der Waals surface area contributed by atoms with E-state index in [-0.39, 0.29) is 25.6 Å². The van der Waals surface area contributed by atoms with Crippen LogP contribution in [-0.4, -0.2) is 73.9 Å². The second kappa shape index (κ2) is 8.21. The number of hydrogen-bond acceptors (Lipinski definition) is 7. The van der Waals surface area contributed by atoms with Crippen molar-refractivity contribution in [3.8, 4) is 0 Å². The van der Waals surface area contributed by atoms with E-state index in [1.165, 1.54) is 24.2 Å². The maximum atomic E-state index is 14.6. The second-order valence-corrected chi connectivity index (χ2v) is 6.29. The predicted molar refractivity (Wildman–Crippen MR) is 97.2 cm³/mol. The lowest BCUT2D eigenvalue weighted by atomic mass is 10.2. The first kappa shape index (κ1) is 18.9. The van der Waals surface area contributed by atoms with Gasteiger partial charge >= 0.3 is 6.09 Å². The fourth-order valence-electron chi connectivity index (χ4n) is 2.93. The summed E-state index contributed by atoms with van der Waals surface area (Å²) >= 11 is 0. The number of aliphatic hydroxyl groups excluding tert-OH is 1. The fraction of sp³-hybridized carbons (Fsp3) is 0.471. The van der Waals surface area contributed by atoms with Crippen LogP contribution in [0.15, 0.2) is 23.3 Å². The molecule has 2 N–H and O–H groups in total. The molecule has 27 heavy (non-hydrogen) atoms. The summed E-state index contributed by atoms with van der Waals surface area (Å²) in [5.74, 6) is -0.687. The SMILES string of the molecule is CC(=O)NCC1CN(c2ccc(N3C=NN(CCO)CC3)c(F)c2)C(=O)O1. The molecule has 1 saturated heterocycles. The van der Waals surface area contributed by atoms with Gasteiger partial charge < -0.3 is 20.1 Å². The minimum atomic E-state index is -0.573. The molecule has 1 aromatic rings. The first-order valence-corrected chi connectivity index (χ1v) is 8.66. The number of amides is 2. The number of cyclic esters (lactones) is 1. The highest BCUT2D eigenvalue weighted by atomic mass is 19.1. The molecule has 1 unspecified atom stereocenters. The van der Waals surface area contributed by atoms with E-state index in [0.29, 0.717) is 31.0 Å². The summed E-state index contributed by atoms with van der Waals surface area (Å²) in [6, 6.07) is 4.52. The summed E-state index contributed by atoms with van der Waals surface area (Å²) in [5, 5.41) is 17.4. The molecule has 0 aliphatic carbocycles. The summed E-state index contributed by atoms with van der Waals surface area (Å²) in [6.45, 7) is 3.38. The molecule has 1 atom stereocenters. The molecular formula is C17H22FN5O4. The number of β-amino-alcohol motifs (C(OH)–C–C–N with tert-alkyl or cyclic N) is 1. The monoisotopic (exact) mass is 379 g/mol. The molecule has 146 valence electrons. The van der Waals surface area contributed by atoms with Crippen LogP contribution in [0, 0.1) is 5.82 Å². The van der Waals surface area contributed by atoms with Crippen molar-refractivity contribution in [3.05, 3.63) is 24.0 Å². The number of hydrogen-bond donors (Lipinski definition) is 2. The summed E-state index contributed by atoms with van der Waals surface area (Å²) in [4.78, 5) is 26.0. The van der Waals surface area contributed by atoms with Crippen LogP contribution in [0.3, 0.4) is 0 Å². The standard InChI is InChI=1S/C17H22FN5O4/c1-12(25)19-9-14-10-23(17(26)27-14)13-2-3-16(15(18)8-13)21-4-5-22(6-7-24)20-11-21/h2-3,8,11,14,24H,4-7,9-10H2,1H3,(H,19,25). The highest BCUT2D eigenvalue weighted by Crippen LogP contribution is 2.28. The van der Waals surface area contributed by atoms with Crippen LogP contribution in [0.25, 0.3) is 0 Å². The summed E-state index contributed by atoms with van der Waals surface area (Å²) in [6.07, 6.45) is 0.470. The lowest BCUT2D eigenvalue weighted by Crippen LogP contribution is -2.39. The summed E-state index contributed by atoms with van der Waals surface area (Å²) in [5.41, 5.74) is 0.746. The number of anilines is 2. The first-order chi connectivity index (χ1) is 13.0. The molecule has 9 nitrogen and oxygen atoms in total. The van der Waals surface area contributed by atoms with E-state index in [0.717, 1.165) is 0 Å². The Balaban J connectivity index is 1.67. The largest absolute Gasteiger partial charge is 0.442 e. The average molecular weight is 379 g/mol. The van der Waals surface area contributed by atoms with E-state index in [9.17, 15) is 14.0 Å². The Kier molecular flexibility index (Phi) is 5.75. The highest BCUT2D eigenvalue weighted by molar-refractivity contribution is 5.90. The Morgan fingerprint density at radius 1 is 1.44 bits per heavy atom. The van der Waals surface area contributed by atoms with Crippen LogP contribution < -0.4 is 15.1 Å². The molecule has 2 aliphatic heterocycles. The van der Waals surface area contributed by atoms with E-state index in [4.69, 9.17) is 9.84 Å². The van der Waals surface area contributed by atoms with Crippen LogP contribution in [0.1, 0.15) is 6.92 Å². The molecule has 1 aromatic carbocycles. The van der Waals surface area contributed by atoms with Gasteiger partial charge in [0.15, 0.2) is 0 Å². The Hall–Kier alpha value is -2.88. The van der Waals surface area contributed by atoms with E-state index in [1.54, 1.807) is 22.0 Å². The van der Waals surface area contributed by atoms with Gasteiger partial charge in [-0.2, -0.15) is 5.10 Å². The van der Waals surface area contributed by atoms with Gasteiger partial charge in [-0.05, 0) is 18.2 Å². The van der Waals surface area contributed by atoms with Gasteiger partial charge in [0.2, 0.25) is 5.91 Å². The first-order valence-electron chi connectivity index (χ1n) is 8.66. The van der Waals surface area contributed by atoms with Crippen LogP contribution >= 0.6 is 0 Å². The molecule has 2 amide bonds. The molecule has 0 radical (unpaired) electrons. The van der Waals surface area contributed by atoms with Crippen LogP contribution in [0.5, 0.6) is 0 Å². The van der Waals surface area contributed by atoms with Gasteiger partial charge in [-0.1, -0.05) is 0 Å². The highest BCUT2D eigenvalue weighted by Gasteiger charge is 2.33. The van der Waals surface area contributed by atoms with Crippen LogP contribution in [-0.2, 0) is 9.53 Å². The van der Waals surface area contributed by atoms with Crippen molar-refractivity contribution < 1.29 is 23.8 Å². The number of nitrogens with one attached hydrogen (secondary N) is 1. The van der Waals surface area contributed by atoms with Crippen molar-refractivity contribution >= 4 is 29.7 Å². The number of carbonyl (C=O) groups is 2. The number of nitrogens with zero attached hydrogens (tertiary/aromatic N) is 4. The van der Waals surface area contributed by atoms with Gasteiger partial charge in [0.25, 0.3) is 0 Å². The van der Waals surface area contributed by atoms with Gasteiger partial charge in [-0.3, -0.25) is 14.7 Å².